The fourth-order valence-corrected chi connectivity index (χ4v) is 3.40. The maximum Gasteiger partial charge on any atom is 0.245 e. The number of nitrogens with zero attached hydrogens (tertiary/aromatic N) is 1. The number of nitrogens with one attached hydrogen (secondary N) is 2. The fourth-order valence-electron chi connectivity index (χ4n) is 2.26. The molecular formula is C13H21ClN4O2S. The Morgan fingerprint density at radius 3 is 2.86 bits per heavy atom. The van der Waals surface area contributed by atoms with Crippen LogP contribution in [0.5, 0.6) is 0 Å². The molecule has 1 aromatic heterocycles. The minimum atomic E-state index is -0.343. The van der Waals surface area contributed by atoms with Crippen molar-refractivity contribution in [2.45, 2.75) is 32.6 Å². The number of hydrogen-bond acceptors (Lipinski definition) is 5. The number of aryl methyl sites for hydroxylation is 1. The molecular weight excluding hydrogens is 312 g/mol. The summed E-state index contributed by atoms with van der Waals surface area (Å²) >= 11 is 1.54. The molecule has 1 aliphatic rings. The van der Waals surface area contributed by atoms with E-state index in [4.69, 9.17) is 5.73 Å². The summed E-state index contributed by atoms with van der Waals surface area (Å²) in [6.07, 6.45) is 4.41. The van der Waals surface area contributed by atoms with Crippen molar-refractivity contribution in [1.82, 2.24) is 10.3 Å². The molecule has 0 radical (unpaired) electrons. The molecule has 1 aromatic rings. The first-order valence-corrected chi connectivity index (χ1v) is 7.69. The standard InChI is InChI=1S/C13H20N4O2S.ClH/c1-2-8-3-4-9-10(5-8)20-13(16-9)17-12(19)7-15-11(18)6-14;/h8H,2-7,14H2,1H3,(H,15,18)(H,16,17,19);1H. The molecule has 0 bridgehead atoms. The third-order valence-corrected chi connectivity index (χ3v) is 4.53. The van der Waals surface area contributed by atoms with Crippen molar-refractivity contribution in [1.29, 1.82) is 0 Å². The van der Waals surface area contributed by atoms with Gasteiger partial charge in [-0.05, 0) is 25.2 Å². The summed E-state index contributed by atoms with van der Waals surface area (Å²) in [5, 5.41) is 5.78. The van der Waals surface area contributed by atoms with Gasteiger partial charge in [-0.1, -0.05) is 13.3 Å². The van der Waals surface area contributed by atoms with Gasteiger partial charge in [0.2, 0.25) is 11.8 Å². The summed E-state index contributed by atoms with van der Waals surface area (Å²) in [5.74, 6) is 0.115. The lowest BCUT2D eigenvalue weighted by molar-refractivity contribution is -0.123. The van der Waals surface area contributed by atoms with Crippen molar-refractivity contribution in [3.8, 4) is 0 Å². The Morgan fingerprint density at radius 2 is 2.19 bits per heavy atom. The van der Waals surface area contributed by atoms with Gasteiger partial charge >= 0.3 is 0 Å². The van der Waals surface area contributed by atoms with Crippen molar-refractivity contribution >= 4 is 40.7 Å². The number of aromatic nitrogens is 1. The molecule has 1 atom stereocenters. The van der Waals surface area contributed by atoms with Crippen LogP contribution >= 0.6 is 23.7 Å². The lowest BCUT2D eigenvalue weighted by Crippen LogP contribution is -2.36. The number of carbonyl (C=O) groups is 2. The highest BCUT2D eigenvalue weighted by molar-refractivity contribution is 7.15. The number of hydrogen-bond donors (Lipinski definition) is 3. The molecule has 0 saturated carbocycles. The lowest BCUT2D eigenvalue weighted by atomic mass is 9.89. The summed E-state index contributed by atoms with van der Waals surface area (Å²) in [4.78, 5) is 28.4. The van der Waals surface area contributed by atoms with Gasteiger partial charge in [-0.25, -0.2) is 4.98 Å². The molecule has 2 rings (SSSR count). The van der Waals surface area contributed by atoms with Gasteiger partial charge in [-0.2, -0.15) is 0 Å². The van der Waals surface area contributed by atoms with Gasteiger partial charge in [0, 0.05) is 4.88 Å². The van der Waals surface area contributed by atoms with E-state index in [1.54, 1.807) is 11.3 Å². The highest BCUT2D eigenvalue weighted by atomic mass is 35.5. The Balaban J connectivity index is 0.00000220. The van der Waals surface area contributed by atoms with E-state index in [9.17, 15) is 9.59 Å². The third-order valence-electron chi connectivity index (χ3n) is 3.50. The molecule has 0 aromatic carbocycles. The first-order chi connectivity index (χ1) is 9.62. The first-order valence-electron chi connectivity index (χ1n) is 6.87. The highest BCUT2D eigenvalue weighted by Crippen LogP contribution is 2.33. The van der Waals surface area contributed by atoms with Crippen LogP contribution in [0.15, 0.2) is 0 Å². The second kappa shape index (κ2) is 8.31. The van der Waals surface area contributed by atoms with Crippen LogP contribution < -0.4 is 16.4 Å². The number of halogens is 1. The van der Waals surface area contributed by atoms with Crippen LogP contribution in [0.4, 0.5) is 5.13 Å². The van der Waals surface area contributed by atoms with E-state index >= 15 is 0 Å². The predicted octanol–water partition coefficient (Wildman–Crippen LogP) is 1.09. The van der Waals surface area contributed by atoms with Gasteiger partial charge in [0.25, 0.3) is 0 Å². The number of thiazole rings is 1. The second-order valence-corrected chi connectivity index (χ2v) is 6.02. The number of rotatable bonds is 5. The van der Waals surface area contributed by atoms with E-state index in [0.717, 1.165) is 24.5 Å². The molecule has 8 heteroatoms. The average molecular weight is 333 g/mol. The number of nitrogens with two attached hydrogens (primary N) is 1. The molecule has 1 heterocycles. The summed E-state index contributed by atoms with van der Waals surface area (Å²) in [6.45, 7) is 2.02. The van der Waals surface area contributed by atoms with Crippen molar-refractivity contribution in [2.24, 2.45) is 11.7 Å². The van der Waals surface area contributed by atoms with Crippen LogP contribution in [-0.4, -0.2) is 29.9 Å². The third kappa shape index (κ3) is 4.94. The Labute approximate surface area is 134 Å². The molecule has 4 N–H and O–H groups in total. The minimum absolute atomic E-state index is 0. The molecule has 1 aliphatic carbocycles. The minimum Gasteiger partial charge on any atom is -0.346 e. The molecule has 118 valence electrons. The monoisotopic (exact) mass is 332 g/mol. The lowest BCUT2D eigenvalue weighted by Gasteiger charge is -2.18. The van der Waals surface area contributed by atoms with Crippen LogP contribution in [0.3, 0.4) is 0 Å². The van der Waals surface area contributed by atoms with Gasteiger partial charge in [-0.15, -0.1) is 23.7 Å². The van der Waals surface area contributed by atoms with Crippen molar-refractivity contribution in [3.63, 3.8) is 0 Å². The molecule has 0 saturated heterocycles. The smallest absolute Gasteiger partial charge is 0.245 e. The molecule has 1 unspecified atom stereocenters. The largest absolute Gasteiger partial charge is 0.346 e. The summed E-state index contributed by atoms with van der Waals surface area (Å²) in [5.41, 5.74) is 6.26. The van der Waals surface area contributed by atoms with Gasteiger partial charge in [-0.3, -0.25) is 9.59 Å². The van der Waals surface area contributed by atoms with E-state index in [0.29, 0.717) is 5.13 Å². The average Bonchev–Trinajstić information content (AvgIpc) is 2.85. The van der Waals surface area contributed by atoms with E-state index in [2.05, 4.69) is 22.5 Å². The van der Waals surface area contributed by atoms with Crippen molar-refractivity contribution < 1.29 is 9.59 Å². The summed E-state index contributed by atoms with van der Waals surface area (Å²) < 4.78 is 0. The molecule has 6 nitrogen and oxygen atoms in total. The van der Waals surface area contributed by atoms with Gasteiger partial charge in [0.1, 0.15) is 0 Å². The van der Waals surface area contributed by atoms with Crippen molar-refractivity contribution in [2.75, 3.05) is 18.4 Å². The van der Waals surface area contributed by atoms with E-state index < -0.39 is 0 Å². The fraction of sp³-hybridized carbons (Fsp3) is 0.615. The van der Waals surface area contributed by atoms with Crippen LogP contribution in [-0.2, 0) is 22.4 Å². The first kappa shape index (κ1) is 17.9. The van der Waals surface area contributed by atoms with Crippen LogP contribution in [0.2, 0.25) is 0 Å². The van der Waals surface area contributed by atoms with Crippen LogP contribution in [0, 0.1) is 5.92 Å². The molecule has 0 spiro atoms. The maximum atomic E-state index is 11.7. The van der Waals surface area contributed by atoms with E-state index in [1.165, 1.54) is 17.7 Å². The second-order valence-electron chi connectivity index (χ2n) is 4.93. The summed E-state index contributed by atoms with van der Waals surface area (Å²) in [7, 11) is 0. The Kier molecular flexibility index (Phi) is 7.07. The summed E-state index contributed by atoms with van der Waals surface area (Å²) in [6, 6.07) is 0. The maximum absolute atomic E-state index is 11.7. The Bertz CT molecular complexity index is 506. The Morgan fingerprint density at radius 1 is 1.43 bits per heavy atom. The van der Waals surface area contributed by atoms with Crippen LogP contribution in [0.1, 0.15) is 30.3 Å². The number of amides is 2. The zero-order chi connectivity index (χ0) is 14.5. The molecule has 2 amide bonds. The SMILES string of the molecule is CCC1CCc2nc(NC(=O)CNC(=O)CN)sc2C1.Cl. The number of anilines is 1. The quantitative estimate of drug-likeness (QED) is 0.752. The van der Waals surface area contributed by atoms with E-state index in [-0.39, 0.29) is 37.3 Å². The number of fused-ring (bicyclic) bond motifs is 1. The topological polar surface area (TPSA) is 97.1 Å². The van der Waals surface area contributed by atoms with Gasteiger partial charge < -0.3 is 16.4 Å². The van der Waals surface area contributed by atoms with Gasteiger partial charge in [0.05, 0.1) is 18.8 Å². The molecule has 0 aliphatic heterocycles. The predicted molar refractivity (Wildman–Crippen MR) is 85.9 cm³/mol. The van der Waals surface area contributed by atoms with Crippen LogP contribution in [0.25, 0.3) is 0 Å². The van der Waals surface area contributed by atoms with Crippen molar-refractivity contribution in [3.05, 3.63) is 10.6 Å². The normalized spacial score (nSPS) is 16.6. The van der Waals surface area contributed by atoms with Gasteiger partial charge in [0.15, 0.2) is 5.13 Å². The number of carbonyl (C=O) groups excluding carboxylic acids is 2. The Hall–Kier alpha value is -1.18. The van der Waals surface area contributed by atoms with E-state index in [1.807, 2.05) is 0 Å². The molecule has 21 heavy (non-hydrogen) atoms. The zero-order valence-electron chi connectivity index (χ0n) is 12.0. The highest BCUT2D eigenvalue weighted by Gasteiger charge is 2.21. The zero-order valence-corrected chi connectivity index (χ0v) is 13.6. The molecule has 0 fully saturated rings.